The molecule has 3 heteroatoms. The molecule has 2 heterocycles. The third kappa shape index (κ3) is 2.36. The van der Waals surface area contributed by atoms with E-state index in [1.807, 2.05) is 17.5 Å². The van der Waals surface area contributed by atoms with E-state index in [-0.39, 0.29) is 0 Å². The smallest absolute Gasteiger partial charge is 0.125 e. The Kier molecular flexibility index (Phi) is 3.48. The molecule has 0 bridgehead atoms. The van der Waals surface area contributed by atoms with E-state index >= 15 is 0 Å². The summed E-state index contributed by atoms with van der Waals surface area (Å²) in [5.74, 6) is 0.683. The minimum absolute atomic E-state index is 0.683. The number of thiophene rings is 1. The van der Waals surface area contributed by atoms with Crippen LogP contribution in [0.5, 0.6) is 0 Å². The Morgan fingerprint density at radius 3 is 2.89 bits per heavy atom. The van der Waals surface area contributed by atoms with Gasteiger partial charge in [0.05, 0.1) is 0 Å². The third-order valence-electron chi connectivity index (χ3n) is 3.88. The van der Waals surface area contributed by atoms with E-state index in [1.165, 1.54) is 41.6 Å². The summed E-state index contributed by atoms with van der Waals surface area (Å²) >= 11 is 1.91. The predicted molar refractivity (Wildman–Crippen MR) is 84.4 cm³/mol. The van der Waals surface area contributed by atoms with Crippen LogP contribution in [-0.2, 0) is 12.8 Å². The van der Waals surface area contributed by atoms with Crippen molar-refractivity contribution in [3.63, 3.8) is 0 Å². The highest BCUT2D eigenvalue weighted by Crippen LogP contribution is 2.39. The first-order valence-corrected chi connectivity index (χ1v) is 8.09. The van der Waals surface area contributed by atoms with Crippen LogP contribution in [0.15, 0.2) is 12.3 Å². The van der Waals surface area contributed by atoms with E-state index in [2.05, 4.69) is 36.8 Å². The standard InChI is InChI=1S/C16H22N2S/c1-11(2)10-18(3)13-8-9-17-16-15(13)12-6-4-5-7-14(12)19-16/h8-9,11H,4-7,10H2,1-3H3. The number of hydrogen-bond donors (Lipinski definition) is 0. The Hall–Kier alpha value is -1.09. The number of hydrogen-bond acceptors (Lipinski definition) is 3. The van der Waals surface area contributed by atoms with Gasteiger partial charge in [0.15, 0.2) is 0 Å². The van der Waals surface area contributed by atoms with Crippen LogP contribution in [-0.4, -0.2) is 18.6 Å². The number of aromatic nitrogens is 1. The van der Waals surface area contributed by atoms with Gasteiger partial charge in [-0.3, -0.25) is 0 Å². The highest BCUT2D eigenvalue weighted by Gasteiger charge is 2.20. The van der Waals surface area contributed by atoms with Gasteiger partial charge in [0.25, 0.3) is 0 Å². The topological polar surface area (TPSA) is 16.1 Å². The van der Waals surface area contributed by atoms with Crippen LogP contribution in [0.2, 0.25) is 0 Å². The quantitative estimate of drug-likeness (QED) is 0.831. The highest BCUT2D eigenvalue weighted by atomic mass is 32.1. The van der Waals surface area contributed by atoms with Crippen molar-refractivity contribution in [1.82, 2.24) is 4.98 Å². The number of rotatable bonds is 3. The summed E-state index contributed by atoms with van der Waals surface area (Å²) in [6.07, 6.45) is 7.14. The molecule has 2 nitrogen and oxygen atoms in total. The summed E-state index contributed by atoms with van der Waals surface area (Å²) in [5, 5.41) is 1.44. The molecule has 1 aliphatic rings. The zero-order chi connectivity index (χ0) is 13.4. The second kappa shape index (κ2) is 5.12. The lowest BCUT2D eigenvalue weighted by Crippen LogP contribution is -2.22. The molecular formula is C16H22N2S. The van der Waals surface area contributed by atoms with Gasteiger partial charge in [0.2, 0.25) is 0 Å². The lowest BCUT2D eigenvalue weighted by atomic mass is 9.96. The molecule has 2 aromatic heterocycles. The number of aryl methyl sites for hydroxylation is 2. The monoisotopic (exact) mass is 274 g/mol. The van der Waals surface area contributed by atoms with Crippen molar-refractivity contribution in [2.45, 2.75) is 39.5 Å². The van der Waals surface area contributed by atoms with Crippen molar-refractivity contribution in [1.29, 1.82) is 0 Å². The summed E-state index contributed by atoms with van der Waals surface area (Å²) in [6.45, 7) is 5.65. The van der Waals surface area contributed by atoms with Gasteiger partial charge in [-0.2, -0.15) is 0 Å². The summed E-state index contributed by atoms with van der Waals surface area (Å²) in [6, 6.07) is 2.19. The maximum atomic E-state index is 4.60. The molecule has 0 radical (unpaired) electrons. The Bertz CT molecular complexity index is 586. The van der Waals surface area contributed by atoms with Crippen LogP contribution in [0.1, 0.15) is 37.1 Å². The van der Waals surface area contributed by atoms with E-state index in [0.29, 0.717) is 5.92 Å². The van der Waals surface area contributed by atoms with Crippen molar-refractivity contribution < 1.29 is 0 Å². The molecule has 0 amide bonds. The van der Waals surface area contributed by atoms with Crippen LogP contribution in [0, 0.1) is 5.92 Å². The maximum Gasteiger partial charge on any atom is 0.125 e. The first-order chi connectivity index (χ1) is 9.16. The van der Waals surface area contributed by atoms with E-state index in [1.54, 1.807) is 10.4 Å². The van der Waals surface area contributed by atoms with Crippen LogP contribution in [0.25, 0.3) is 10.2 Å². The first kappa shape index (κ1) is 12.9. The molecule has 0 N–H and O–H groups in total. The SMILES string of the molecule is CC(C)CN(C)c1ccnc2sc3c(c12)CCCC3. The van der Waals surface area contributed by atoms with Crippen molar-refractivity contribution >= 4 is 27.2 Å². The predicted octanol–water partition coefficient (Wildman–Crippen LogP) is 4.27. The number of nitrogens with zero attached hydrogens (tertiary/aromatic N) is 2. The van der Waals surface area contributed by atoms with Crippen molar-refractivity contribution in [2.24, 2.45) is 5.92 Å². The molecule has 0 saturated heterocycles. The highest BCUT2D eigenvalue weighted by molar-refractivity contribution is 7.19. The van der Waals surface area contributed by atoms with Gasteiger partial charge in [-0.25, -0.2) is 4.98 Å². The van der Waals surface area contributed by atoms with E-state index in [9.17, 15) is 0 Å². The van der Waals surface area contributed by atoms with Gasteiger partial charge in [-0.1, -0.05) is 13.8 Å². The molecule has 0 atom stereocenters. The van der Waals surface area contributed by atoms with Crippen molar-refractivity contribution in [3.8, 4) is 0 Å². The summed E-state index contributed by atoms with van der Waals surface area (Å²) < 4.78 is 0. The molecule has 0 spiro atoms. The zero-order valence-corrected chi connectivity index (χ0v) is 12.9. The molecule has 0 aromatic carbocycles. The normalized spacial score (nSPS) is 14.9. The Morgan fingerprint density at radius 2 is 2.11 bits per heavy atom. The van der Waals surface area contributed by atoms with Gasteiger partial charge in [0, 0.05) is 35.7 Å². The van der Waals surface area contributed by atoms with E-state index in [0.717, 1.165) is 6.54 Å². The van der Waals surface area contributed by atoms with Crippen LogP contribution >= 0.6 is 11.3 Å². The van der Waals surface area contributed by atoms with Gasteiger partial charge in [-0.15, -0.1) is 11.3 Å². The van der Waals surface area contributed by atoms with Crippen LogP contribution < -0.4 is 4.90 Å². The lowest BCUT2D eigenvalue weighted by Gasteiger charge is -2.23. The van der Waals surface area contributed by atoms with Crippen molar-refractivity contribution in [3.05, 3.63) is 22.7 Å². The fourth-order valence-electron chi connectivity index (χ4n) is 3.13. The summed E-state index contributed by atoms with van der Waals surface area (Å²) in [7, 11) is 2.21. The second-order valence-corrected chi connectivity index (χ2v) is 7.08. The van der Waals surface area contributed by atoms with E-state index < -0.39 is 0 Å². The molecule has 3 rings (SSSR count). The van der Waals surface area contributed by atoms with Crippen LogP contribution in [0.4, 0.5) is 5.69 Å². The molecule has 102 valence electrons. The average molecular weight is 274 g/mol. The van der Waals surface area contributed by atoms with Gasteiger partial charge < -0.3 is 4.90 Å². The van der Waals surface area contributed by atoms with Gasteiger partial charge in [0.1, 0.15) is 4.83 Å². The molecule has 0 unspecified atom stereocenters. The fourth-order valence-corrected chi connectivity index (χ4v) is 4.38. The number of fused-ring (bicyclic) bond motifs is 3. The summed E-state index contributed by atoms with van der Waals surface area (Å²) in [4.78, 5) is 9.82. The molecule has 19 heavy (non-hydrogen) atoms. The van der Waals surface area contributed by atoms with E-state index in [4.69, 9.17) is 0 Å². The van der Waals surface area contributed by atoms with Gasteiger partial charge >= 0.3 is 0 Å². The third-order valence-corrected chi connectivity index (χ3v) is 5.08. The fraction of sp³-hybridized carbons (Fsp3) is 0.562. The van der Waals surface area contributed by atoms with Crippen molar-refractivity contribution in [2.75, 3.05) is 18.5 Å². The average Bonchev–Trinajstić information content (AvgIpc) is 2.76. The molecule has 1 aliphatic carbocycles. The second-order valence-electron chi connectivity index (χ2n) is 6.00. The van der Waals surface area contributed by atoms with Gasteiger partial charge in [-0.05, 0) is 43.2 Å². The zero-order valence-electron chi connectivity index (χ0n) is 12.1. The maximum absolute atomic E-state index is 4.60. The largest absolute Gasteiger partial charge is 0.374 e. The molecule has 0 saturated carbocycles. The lowest BCUT2D eigenvalue weighted by molar-refractivity contribution is 0.639. The summed E-state index contributed by atoms with van der Waals surface area (Å²) in [5.41, 5.74) is 2.96. The number of pyridine rings is 1. The minimum Gasteiger partial charge on any atom is -0.374 e. The molecular weight excluding hydrogens is 252 g/mol. The Balaban J connectivity index is 2.11. The number of anilines is 1. The first-order valence-electron chi connectivity index (χ1n) is 7.27. The molecule has 0 aliphatic heterocycles. The molecule has 2 aromatic rings. The Morgan fingerprint density at radius 1 is 1.32 bits per heavy atom. The Labute approximate surface area is 119 Å². The molecule has 0 fully saturated rings. The minimum atomic E-state index is 0.683. The van der Waals surface area contributed by atoms with Crippen LogP contribution in [0.3, 0.4) is 0 Å².